The molecule has 1 N–H and O–H groups in total. The van der Waals surface area contributed by atoms with E-state index in [2.05, 4.69) is 12.2 Å². The lowest BCUT2D eigenvalue weighted by molar-refractivity contribution is 0.467. The van der Waals surface area contributed by atoms with Crippen molar-refractivity contribution in [3.63, 3.8) is 0 Å². The van der Waals surface area contributed by atoms with Gasteiger partial charge in [0, 0.05) is 11.1 Å². The van der Waals surface area contributed by atoms with Crippen LogP contribution in [-0.2, 0) is 0 Å². The van der Waals surface area contributed by atoms with Gasteiger partial charge in [0.15, 0.2) is 11.6 Å². The first-order valence-electron chi connectivity index (χ1n) is 7.98. The Morgan fingerprint density at radius 2 is 1.62 bits per heavy atom. The second kappa shape index (κ2) is 10.1. The predicted octanol–water partition coefficient (Wildman–Crippen LogP) is 6.02. The zero-order valence-electron chi connectivity index (χ0n) is 13.0. The van der Waals surface area contributed by atoms with Crippen LogP contribution in [0.4, 0.5) is 8.78 Å². The highest BCUT2D eigenvalue weighted by Gasteiger charge is 2.16. The van der Waals surface area contributed by atoms with Gasteiger partial charge in [0.2, 0.25) is 0 Å². The summed E-state index contributed by atoms with van der Waals surface area (Å²) >= 11 is 6.07. The Bertz CT molecular complexity index is 423. The van der Waals surface area contributed by atoms with Gasteiger partial charge in [0.05, 0.1) is 0 Å². The summed E-state index contributed by atoms with van der Waals surface area (Å²) < 4.78 is 26.6. The molecule has 0 aliphatic carbocycles. The lowest BCUT2D eigenvalue weighted by Gasteiger charge is -2.20. The lowest BCUT2D eigenvalue weighted by atomic mass is 9.99. The van der Waals surface area contributed by atoms with Crippen molar-refractivity contribution < 1.29 is 8.78 Å². The molecule has 1 atom stereocenters. The van der Waals surface area contributed by atoms with Gasteiger partial charge in [-0.15, -0.1) is 0 Å². The van der Waals surface area contributed by atoms with Crippen LogP contribution in [-0.4, -0.2) is 6.54 Å². The molecule has 0 amide bonds. The maximum absolute atomic E-state index is 13.4. The average Bonchev–Trinajstić information content (AvgIpc) is 2.45. The quantitative estimate of drug-likeness (QED) is 0.411. The third-order valence-corrected chi connectivity index (χ3v) is 4.04. The average molecular weight is 318 g/mol. The Balaban J connectivity index is 2.58. The molecule has 0 heterocycles. The van der Waals surface area contributed by atoms with Crippen molar-refractivity contribution in [3.8, 4) is 0 Å². The van der Waals surface area contributed by atoms with E-state index in [1.807, 2.05) is 6.92 Å². The van der Waals surface area contributed by atoms with Gasteiger partial charge in [-0.1, -0.05) is 64.0 Å². The smallest absolute Gasteiger partial charge is 0.160 e. The van der Waals surface area contributed by atoms with Gasteiger partial charge in [0.1, 0.15) is 0 Å². The summed E-state index contributed by atoms with van der Waals surface area (Å²) in [6, 6.07) is 2.28. The molecule has 0 saturated heterocycles. The normalized spacial score (nSPS) is 12.6. The summed E-state index contributed by atoms with van der Waals surface area (Å²) in [7, 11) is 0. The summed E-state index contributed by atoms with van der Waals surface area (Å²) in [5.74, 6) is -1.72. The maximum atomic E-state index is 13.4. The van der Waals surface area contributed by atoms with Crippen LogP contribution in [0.25, 0.3) is 0 Å². The summed E-state index contributed by atoms with van der Waals surface area (Å²) in [6.45, 7) is 4.98. The van der Waals surface area contributed by atoms with Gasteiger partial charge in [-0.05, 0) is 30.7 Å². The summed E-state index contributed by atoms with van der Waals surface area (Å²) in [6.07, 6.45) is 8.16. The van der Waals surface area contributed by atoms with Crippen molar-refractivity contribution >= 4 is 11.6 Å². The summed E-state index contributed by atoms with van der Waals surface area (Å²) in [5, 5.41) is 3.61. The Morgan fingerprint density at radius 3 is 2.29 bits per heavy atom. The molecular formula is C17H26ClF2N. The van der Waals surface area contributed by atoms with Crippen molar-refractivity contribution in [2.45, 2.75) is 64.8 Å². The van der Waals surface area contributed by atoms with Crippen LogP contribution >= 0.6 is 11.6 Å². The molecule has 0 aliphatic rings. The summed E-state index contributed by atoms with van der Waals surface area (Å²) in [5.41, 5.74) is 0.658. The molecule has 0 aromatic heterocycles. The van der Waals surface area contributed by atoms with E-state index in [-0.39, 0.29) is 6.04 Å². The Labute approximate surface area is 132 Å². The van der Waals surface area contributed by atoms with E-state index < -0.39 is 11.6 Å². The Hall–Kier alpha value is -0.670. The highest BCUT2D eigenvalue weighted by atomic mass is 35.5. The van der Waals surface area contributed by atoms with Crippen LogP contribution in [0.5, 0.6) is 0 Å². The monoisotopic (exact) mass is 317 g/mol. The van der Waals surface area contributed by atoms with Gasteiger partial charge in [-0.25, -0.2) is 8.78 Å². The topological polar surface area (TPSA) is 12.0 Å². The minimum absolute atomic E-state index is 0.0104. The van der Waals surface area contributed by atoms with E-state index in [1.165, 1.54) is 38.2 Å². The molecular weight excluding hydrogens is 292 g/mol. The first-order chi connectivity index (χ1) is 10.1. The lowest BCUT2D eigenvalue weighted by Crippen LogP contribution is -2.21. The van der Waals surface area contributed by atoms with Crippen molar-refractivity contribution in [3.05, 3.63) is 34.4 Å². The van der Waals surface area contributed by atoms with Crippen LogP contribution in [0.15, 0.2) is 12.1 Å². The van der Waals surface area contributed by atoms with E-state index in [1.54, 1.807) is 0 Å². The molecule has 0 spiro atoms. The molecule has 4 heteroatoms. The van der Waals surface area contributed by atoms with Crippen molar-refractivity contribution in [2.75, 3.05) is 6.54 Å². The van der Waals surface area contributed by atoms with Gasteiger partial charge in [-0.3, -0.25) is 0 Å². The van der Waals surface area contributed by atoms with E-state index in [4.69, 9.17) is 11.6 Å². The third-order valence-electron chi connectivity index (χ3n) is 3.71. The standard InChI is InChI=1S/C17H26ClF2N/c1-3-5-6-7-8-9-10-17(21-4-2)13-11-15(19)16(20)12-14(13)18/h11-12,17,21H,3-10H2,1-2H3. The van der Waals surface area contributed by atoms with Gasteiger partial charge in [0.25, 0.3) is 0 Å². The molecule has 0 fully saturated rings. The molecule has 0 bridgehead atoms. The number of unbranched alkanes of at least 4 members (excludes halogenated alkanes) is 5. The fraction of sp³-hybridized carbons (Fsp3) is 0.647. The maximum Gasteiger partial charge on any atom is 0.160 e. The van der Waals surface area contributed by atoms with Crippen LogP contribution in [0.3, 0.4) is 0 Å². The Kier molecular flexibility index (Phi) is 8.86. The third kappa shape index (κ3) is 6.31. The van der Waals surface area contributed by atoms with E-state index in [0.29, 0.717) is 10.6 Å². The van der Waals surface area contributed by atoms with Crippen LogP contribution in [0, 0.1) is 11.6 Å². The molecule has 21 heavy (non-hydrogen) atoms. The van der Waals surface area contributed by atoms with E-state index in [9.17, 15) is 8.78 Å². The SMILES string of the molecule is CCCCCCCCC(NCC)c1cc(F)c(F)cc1Cl. The first kappa shape index (κ1) is 18.4. The van der Waals surface area contributed by atoms with Gasteiger partial charge < -0.3 is 5.32 Å². The van der Waals surface area contributed by atoms with E-state index >= 15 is 0 Å². The van der Waals surface area contributed by atoms with Gasteiger partial charge >= 0.3 is 0 Å². The van der Waals surface area contributed by atoms with Gasteiger partial charge in [-0.2, -0.15) is 0 Å². The van der Waals surface area contributed by atoms with Crippen LogP contribution in [0.1, 0.15) is 70.4 Å². The van der Waals surface area contributed by atoms with Crippen molar-refractivity contribution in [1.29, 1.82) is 0 Å². The number of benzene rings is 1. The number of hydrogen-bond donors (Lipinski definition) is 1. The molecule has 1 unspecified atom stereocenters. The number of nitrogens with one attached hydrogen (secondary N) is 1. The zero-order chi connectivity index (χ0) is 15.7. The zero-order valence-corrected chi connectivity index (χ0v) is 13.8. The van der Waals surface area contributed by atoms with Crippen molar-refractivity contribution in [2.24, 2.45) is 0 Å². The number of halogens is 3. The number of rotatable bonds is 10. The van der Waals surface area contributed by atoms with E-state index in [0.717, 1.165) is 25.5 Å². The minimum atomic E-state index is -0.890. The first-order valence-corrected chi connectivity index (χ1v) is 8.35. The molecule has 120 valence electrons. The largest absolute Gasteiger partial charge is 0.310 e. The fourth-order valence-corrected chi connectivity index (χ4v) is 2.83. The van der Waals surface area contributed by atoms with Crippen LogP contribution in [0.2, 0.25) is 5.02 Å². The second-order valence-corrected chi connectivity index (χ2v) is 5.86. The number of hydrogen-bond acceptors (Lipinski definition) is 1. The predicted molar refractivity (Wildman–Crippen MR) is 85.8 cm³/mol. The van der Waals surface area contributed by atoms with Crippen LogP contribution < -0.4 is 5.32 Å². The Morgan fingerprint density at radius 1 is 1.00 bits per heavy atom. The molecule has 1 rings (SSSR count). The highest BCUT2D eigenvalue weighted by molar-refractivity contribution is 6.31. The molecule has 1 aromatic rings. The molecule has 1 nitrogen and oxygen atoms in total. The molecule has 1 aromatic carbocycles. The van der Waals surface area contributed by atoms with Crippen molar-refractivity contribution in [1.82, 2.24) is 5.32 Å². The second-order valence-electron chi connectivity index (χ2n) is 5.45. The molecule has 0 saturated carbocycles. The minimum Gasteiger partial charge on any atom is -0.310 e. The molecule has 0 radical (unpaired) electrons. The fourth-order valence-electron chi connectivity index (χ4n) is 2.55. The highest BCUT2D eigenvalue weighted by Crippen LogP contribution is 2.29. The summed E-state index contributed by atoms with van der Waals surface area (Å²) in [4.78, 5) is 0. The molecule has 0 aliphatic heterocycles.